The molecule has 1 aromatic heterocycles. The third kappa shape index (κ3) is 4.42. The lowest BCUT2D eigenvalue weighted by Crippen LogP contribution is -2.53. The lowest BCUT2D eigenvalue weighted by molar-refractivity contribution is -0.124. The monoisotopic (exact) mass is 347 g/mol. The molecule has 2 heterocycles. The lowest BCUT2D eigenvalue weighted by Gasteiger charge is -2.36. The van der Waals surface area contributed by atoms with E-state index in [0.29, 0.717) is 43.3 Å². The molecule has 2 aliphatic rings. The fourth-order valence-corrected chi connectivity index (χ4v) is 3.91. The van der Waals surface area contributed by atoms with Crippen molar-refractivity contribution < 1.29 is 14.0 Å². The molecule has 2 amide bonds. The molecule has 138 valence electrons. The van der Waals surface area contributed by atoms with E-state index in [0.717, 1.165) is 19.5 Å². The quantitative estimate of drug-likeness (QED) is 0.904. The predicted molar refractivity (Wildman–Crippen MR) is 95.2 cm³/mol. The van der Waals surface area contributed by atoms with Crippen LogP contribution in [0.1, 0.15) is 43.7 Å². The summed E-state index contributed by atoms with van der Waals surface area (Å²) < 4.78 is 5.17. The summed E-state index contributed by atoms with van der Waals surface area (Å²) in [4.78, 5) is 28.6. The zero-order chi connectivity index (χ0) is 17.8. The van der Waals surface area contributed by atoms with Crippen molar-refractivity contribution in [2.75, 3.05) is 32.7 Å². The summed E-state index contributed by atoms with van der Waals surface area (Å²) >= 11 is 0. The second kappa shape index (κ2) is 8.04. The number of amides is 2. The molecule has 1 aromatic rings. The molecule has 1 aliphatic carbocycles. The highest BCUT2D eigenvalue weighted by Crippen LogP contribution is 2.29. The first kappa shape index (κ1) is 18.0. The summed E-state index contributed by atoms with van der Waals surface area (Å²) in [6.45, 7) is 7.63. The number of rotatable bonds is 4. The van der Waals surface area contributed by atoms with Crippen LogP contribution in [0.4, 0.5) is 0 Å². The number of piperazine rings is 1. The summed E-state index contributed by atoms with van der Waals surface area (Å²) in [5.74, 6) is 1.64. The summed E-state index contributed by atoms with van der Waals surface area (Å²) in [6.07, 6.45) is 5.06. The topological polar surface area (TPSA) is 65.8 Å². The third-order valence-electron chi connectivity index (χ3n) is 5.81. The number of nitrogens with zero attached hydrogens (tertiary/aromatic N) is 2. The highest BCUT2D eigenvalue weighted by Gasteiger charge is 2.29. The molecule has 25 heavy (non-hydrogen) atoms. The van der Waals surface area contributed by atoms with Crippen LogP contribution >= 0.6 is 0 Å². The number of carbonyl (C=O) groups is 2. The van der Waals surface area contributed by atoms with Crippen molar-refractivity contribution in [2.45, 2.75) is 39.2 Å². The van der Waals surface area contributed by atoms with Crippen molar-refractivity contribution in [3.63, 3.8) is 0 Å². The van der Waals surface area contributed by atoms with Crippen LogP contribution in [0.25, 0.3) is 0 Å². The van der Waals surface area contributed by atoms with Crippen molar-refractivity contribution >= 4 is 11.8 Å². The van der Waals surface area contributed by atoms with Crippen LogP contribution in [-0.4, -0.2) is 60.4 Å². The van der Waals surface area contributed by atoms with Gasteiger partial charge in [-0.15, -0.1) is 0 Å². The van der Waals surface area contributed by atoms with Crippen molar-refractivity contribution in [2.24, 2.45) is 11.8 Å². The van der Waals surface area contributed by atoms with E-state index in [2.05, 4.69) is 24.1 Å². The smallest absolute Gasteiger partial charge is 0.289 e. The zero-order valence-corrected chi connectivity index (χ0v) is 15.2. The van der Waals surface area contributed by atoms with Gasteiger partial charge in [0, 0.05) is 32.2 Å². The summed E-state index contributed by atoms with van der Waals surface area (Å²) in [5, 5.41) is 3.23. The maximum atomic E-state index is 12.4. The van der Waals surface area contributed by atoms with Crippen LogP contribution in [0.3, 0.4) is 0 Å². The molecule has 0 spiro atoms. The number of nitrogens with one attached hydrogen (secondary N) is 1. The largest absolute Gasteiger partial charge is 0.459 e. The number of hydrogen-bond acceptors (Lipinski definition) is 4. The Morgan fingerprint density at radius 1 is 1.20 bits per heavy atom. The van der Waals surface area contributed by atoms with Crippen molar-refractivity contribution in [3.05, 3.63) is 24.2 Å². The first-order chi connectivity index (χ1) is 12.0. The highest BCUT2D eigenvalue weighted by molar-refractivity contribution is 5.91. The van der Waals surface area contributed by atoms with Crippen molar-refractivity contribution in [1.29, 1.82) is 0 Å². The standard InChI is InChI=1S/C19H29N3O3/c1-14-5-3-6-16(15(14)2)20-18(23)13-21-8-10-22(11-9-21)19(24)17-7-4-12-25-17/h4,7,12,14-16H,3,5-6,8-11,13H2,1-2H3,(H,20,23)/t14-,15+,16-/m1/s1. The van der Waals surface area contributed by atoms with Crippen LogP contribution in [0.2, 0.25) is 0 Å². The molecular formula is C19H29N3O3. The van der Waals surface area contributed by atoms with Gasteiger partial charge in [0.2, 0.25) is 5.91 Å². The van der Waals surface area contributed by atoms with Gasteiger partial charge in [-0.2, -0.15) is 0 Å². The normalized spacial score (nSPS) is 27.9. The molecule has 3 rings (SSSR count). The molecule has 0 radical (unpaired) electrons. The fourth-order valence-electron chi connectivity index (χ4n) is 3.91. The Hall–Kier alpha value is -1.82. The van der Waals surface area contributed by atoms with Gasteiger partial charge in [0.25, 0.3) is 5.91 Å². The Kier molecular flexibility index (Phi) is 5.78. The van der Waals surface area contributed by atoms with E-state index in [9.17, 15) is 9.59 Å². The van der Waals surface area contributed by atoms with Gasteiger partial charge in [-0.25, -0.2) is 0 Å². The second-order valence-electron chi connectivity index (χ2n) is 7.49. The predicted octanol–water partition coefficient (Wildman–Crippen LogP) is 1.98. The molecule has 6 nitrogen and oxygen atoms in total. The number of carbonyl (C=O) groups excluding carboxylic acids is 2. The minimum Gasteiger partial charge on any atom is -0.459 e. The Bertz CT molecular complexity index is 579. The molecule has 1 aliphatic heterocycles. The molecule has 1 saturated heterocycles. The van der Waals surface area contributed by atoms with Crippen LogP contribution < -0.4 is 5.32 Å². The fraction of sp³-hybridized carbons (Fsp3) is 0.684. The molecule has 0 aromatic carbocycles. The van der Waals surface area contributed by atoms with E-state index in [4.69, 9.17) is 4.42 Å². The Balaban J connectivity index is 1.42. The second-order valence-corrected chi connectivity index (χ2v) is 7.49. The van der Waals surface area contributed by atoms with Crippen molar-refractivity contribution in [1.82, 2.24) is 15.1 Å². The van der Waals surface area contributed by atoms with E-state index < -0.39 is 0 Å². The lowest BCUT2D eigenvalue weighted by atomic mass is 9.78. The van der Waals surface area contributed by atoms with Gasteiger partial charge in [-0.05, 0) is 30.4 Å². The maximum absolute atomic E-state index is 12.4. The molecule has 1 saturated carbocycles. The van der Waals surface area contributed by atoms with Gasteiger partial charge < -0.3 is 14.6 Å². The van der Waals surface area contributed by atoms with Crippen molar-refractivity contribution in [3.8, 4) is 0 Å². The Morgan fingerprint density at radius 2 is 1.96 bits per heavy atom. The van der Waals surface area contributed by atoms with Crippen LogP contribution in [0, 0.1) is 11.8 Å². The first-order valence-electron chi connectivity index (χ1n) is 9.39. The minimum atomic E-state index is -0.0703. The molecular weight excluding hydrogens is 318 g/mol. The summed E-state index contributed by atoms with van der Waals surface area (Å²) in [5.41, 5.74) is 0. The first-order valence-corrected chi connectivity index (χ1v) is 9.39. The molecule has 3 atom stereocenters. The highest BCUT2D eigenvalue weighted by atomic mass is 16.3. The SMILES string of the molecule is C[C@H]1[C@H](C)CCC[C@H]1NC(=O)CN1CCN(C(=O)c2ccco2)CC1. The number of hydrogen-bond donors (Lipinski definition) is 1. The zero-order valence-electron chi connectivity index (χ0n) is 15.2. The van der Waals surface area contributed by atoms with E-state index in [1.165, 1.54) is 19.1 Å². The van der Waals surface area contributed by atoms with E-state index >= 15 is 0 Å². The summed E-state index contributed by atoms with van der Waals surface area (Å²) in [7, 11) is 0. The maximum Gasteiger partial charge on any atom is 0.289 e. The van der Waals surface area contributed by atoms with Gasteiger partial charge in [-0.3, -0.25) is 14.5 Å². The van der Waals surface area contributed by atoms with E-state index in [1.807, 2.05) is 0 Å². The van der Waals surface area contributed by atoms with Gasteiger partial charge in [-0.1, -0.05) is 26.7 Å². The third-order valence-corrected chi connectivity index (χ3v) is 5.81. The van der Waals surface area contributed by atoms with Crippen LogP contribution in [0.5, 0.6) is 0 Å². The van der Waals surface area contributed by atoms with Crippen LogP contribution in [0.15, 0.2) is 22.8 Å². The summed E-state index contributed by atoms with van der Waals surface area (Å²) in [6, 6.07) is 3.72. The van der Waals surface area contributed by atoms with E-state index in [-0.39, 0.29) is 11.8 Å². The van der Waals surface area contributed by atoms with Gasteiger partial charge in [0.1, 0.15) is 0 Å². The Morgan fingerprint density at radius 3 is 2.64 bits per heavy atom. The number of furan rings is 1. The minimum absolute atomic E-state index is 0.0703. The Labute approximate surface area is 149 Å². The van der Waals surface area contributed by atoms with Crippen LogP contribution in [-0.2, 0) is 4.79 Å². The molecule has 2 fully saturated rings. The molecule has 0 bridgehead atoms. The van der Waals surface area contributed by atoms with Gasteiger partial charge >= 0.3 is 0 Å². The van der Waals surface area contributed by atoms with E-state index in [1.54, 1.807) is 17.0 Å². The molecule has 1 N–H and O–H groups in total. The van der Waals surface area contributed by atoms with Gasteiger partial charge in [0.15, 0.2) is 5.76 Å². The average molecular weight is 347 g/mol. The van der Waals surface area contributed by atoms with Gasteiger partial charge in [0.05, 0.1) is 12.8 Å². The average Bonchev–Trinajstić information content (AvgIpc) is 3.13. The molecule has 0 unspecified atom stereocenters. The molecule has 6 heteroatoms.